The molecule has 1 atom stereocenters. The number of nitrogens with one attached hydrogen (secondary N) is 1. The summed E-state index contributed by atoms with van der Waals surface area (Å²) in [6.07, 6.45) is 5.90. The van der Waals surface area contributed by atoms with Crippen LogP contribution in [0.1, 0.15) is 20.3 Å². The minimum Gasteiger partial charge on any atom is -0.299 e. The number of rotatable bonds is 5. The zero-order valence-electron chi connectivity index (χ0n) is 7.18. The van der Waals surface area contributed by atoms with Gasteiger partial charge in [0.15, 0.2) is 0 Å². The first-order valence-electron chi connectivity index (χ1n) is 3.89. The molecule has 0 spiro atoms. The highest BCUT2D eigenvalue weighted by atomic mass is 16.1. The molecule has 1 N–H and O–H groups in total. The summed E-state index contributed by atoms with van der Waals surface area (Å²) in [4.78, 5) is 11.1. The molecule has 0 aromatic carbocycles. The van der Waals surface area contributed by atoms with Crippen LogP contribution in [0.5, 0.6) is 0 Å². The maximum atomic E-state index is 11.1. The van der Waals surface area contributed by atoms with Crippen molar-refractivity contribution in [2.24, 2.45) is 5.92 Å². The molecule has 0 saturated carbocycles. The van der Waals surface area contributed by atoms with Gasteiger partial charge in [0.05, 0.1) is 13.1 Å². The molecular weight excluding hydrogens is 138 g/mol. The average molecular weight is 153 g/mol. The van der Waals surface area contributed by atoms with Crippen molar-refractivity contribution >= 4 is 5.78 Å². The molecule has 0 aliphatic carbocycles. The predicted octanol–water partition coefficient (Wildman–Crippen LogP) is 0.824. The summed E-state index contributed by atoms with van der Waals surface area (Å²) < 4.78 is 0. The lowest BCUT2D eigenvalue weighted by Crippen LogP contribution is -2.27. The Bertz CT molecular complexity index is 157. The monoisotopic (exact) mass is 153 g/mol. The minimum absolute atomic E-state index is 0.153. The van der Waals surface area contributed by atoms with Crippen LogP contribution >= 0.6 is 0 Å². The molecule has 0 rings (SSSR count). The van der Waals surface area contributed by atoms with Gasteiger partial charge < -0.3 is 0 Å². The molecule has 2 heteroatoms. The highest BCUT2D eigenvalue weighted by Gasteiger charge is 2.08. The number of carbonyl (C=O) groups excluding carboxylic acids is 1. The molecule has 0 aliphatic heterocycles. The van der Waals surface area contributed by atoms with Crippen molar-refractivity contribution in [3.05, 3.63) is 0 Å². The largest absolute Gasteiger partial charge is 0.299 e. The second kappa shape index (κ2) is 5.94. The number of terminal acetylenes is 1. The van der Waals surface area contributed by atoms with Crippen LogP contribution in [0.3, 0.4) is 0 Å². The number of Topliss-reactive ketones (excluding diaryl/α,β-unsaturated/α-hetero) is 1. The summed E-state index contributed by atoms with van der Waals surface area (Å²) in [5.74, 6) is 2.81. The van der Waals surface area contributed by atoms with Crippen LogP contribution in [0.15, 0.2) is 0 Å². The molecular formula is C9H15NO. The Morgan fingerprint density at radius 3 is 2.82 bits per heavy atom. The van der Waals surface area contributed by atoms with Gasteiger partial charge in [-0.15, -0.1) is 6.42 Å². The molecule has 0 fully saturated rings. The van der Waals surface area contributed by atoms with Gasteiger partial charge in [0.25, 0.3) is 0 Å². The Labute approximate surface area is 68.4 Å². The second-order valence-electron chi connectivity index (χ2n) is 2.58. The first kappa shape index (κ1) is 10.2. The molecule has 0 aliphatic rings. The van der Waals surface area contributed by atoms with Crippen molar-refractivity contribution in [1.82, 2.24) is 5.32 Å². The normalized spacial score (nSPS) is 12.1. The van der Waals surface area contributed by atoms with Crippen LogP contribution in [0.25, 0.3) is 0 Å². The van der Waals surface area contributed by atoms with Gasteiger partial charge in [-0.3, -0.25) is 10.1 Å². The minimum atomic E-state index is 0.153. The maximum Gasteiger partial charge on any atom is 0.149 e. The SMILES string of the molecule is C#CCNCC(=O)C(C)CC. The quantitative estimate of drug-likeness (QED) is 0.468. The Kier molecular flexibility index (Phi) is 5.50. The van der Waals surface area contributed by atoms with E-state index in [1.807, 2.05) is 13.8 Å². The predicted molar refractivity (Wildman–Crippen MR) is 46.2 cm³/mol. The number of hydrogen-bond donors (Lipinski definition) is 1. The molecule has 0 saturated heterocycles. The molecule has 0 heterocycles. The van der Waals surface area contributed by atoms with E-state index in [9.17, 15) is 4.79 Å². The second-order valence-corrected chi connectivity index (χ2v) is 2.58. The molecule has 0 aromatic heterocycles. The summed E-state index contributed by atoms with van der Waals surface area (Å²) in [5, 5.41) is 2.86. The van der Waals surface area contributed by atoms with E-state index in [-0.39, 0.29) is 11.7 Å². The summed E-state index contributed by atoms with van der Waals surface area (Å²) >= 11 is 0. The number of carbonyl (C=O) groups is 1. The molecule has 62 valence electrons. The standard InChI is InChI=1S/C9H15NO/c1-4-6-10-7-9(11)8(3)5-2/h1,8,10H,5-7H2,2-3H3. The van der Waals surface area contributed by atoms with Crippen LogP contribution in [-0.2, 0) is 4.79 Å². The summed E-state index contributed by atoms with van der Waals surface area (Å²) in [7, 11) is 0. The Hall–Kier alpha value is -0.810. The van der Waals surface area contributed by atoms with Crippen molar-refractivity contribution in [2.75, 3.05) is 13.1 Å². The van der Waals surface area contributed by atoms with Gasteiger partial charge in [0.2, 0.25) is 0 Å². The molecule has 2 nitrogen and oxygen atoms in total. The third kappa shape index (κ3) is 4.58. The van der Waals surface area contributed by atoms with E-state index in [0.717, 1.165) is 6.42 Å². The molecule has 1 unspecified atom stereocenters. The van der Waals surface area contributed by atoms with Crippen molar-refractivity contribution in [1.29, 1.82) is 0 Å². The fourth-order valence-corrected chi connectivity index (χ4v) is 0.660. The van der Waals surface area contributed by atoms with Crippen molar-refractivity contribution < 1.29 is 4.79 Å². The fourth-order valence-electron chi connectivity index (χ4n) is 0.660. The average Bonchev–Trinajstić information content (AvgIpc) is 2.03. The van der Waals surface area contributed by atoms with Gasteiger partial charge in [-0.05, 0) is 6.42 Å². The maximum absolute atomic E-state index is 11.1. The molecule has 11 heavy (non-hydrogen) atoms. The molecule has 0 bridgehead atoms. The van der Waals surface area contributed by atoms with Gasteiger partial charge in [-0.2, -0.15) is 0 Å². The van der Waals surface area contributed by atoms with Crippen LogP contribution < -0.4 is 5.32 Å². The van der Waals surface area contributed by atoms with Crippen molar-refractivity contribution in [3.8, 4) is 12.3 Å². The van der Waals surface area contributed by atoms with Crippen LogP contribution in [0.2, 0.25) is 0 Å². The summed E-state index contributed by atoms with van der Waals surface area (Å²) in [5.41, 5.74) is 0. The lowest BCUT2D eigenvalue weighted by atomic mass is 10.0. The Morgan fingerprint density at radius 2 is 2.36 bits per heavy atom. The van der Waals surface area contributed by atoms with Gasteiger partial charge >= 0.3 is 0 Å². The van der Waals surface area contributed by atoms with E-state index in [1.54, 1.807) is 0 Å². The Morgan fingerprint density at radius 1 is 1.73 bits per heavy atom. The van der Waals surface area contributed by atoms with Gasteiger partial charge in [0, 0.05) is 5.92 Å². The highest BCUT2D eigenvalue weighted by molar-refractivity contribution is 5.82. The lowest BCUT2D eigenvalue weighted by Gasteiger charge is -2.06. The van der Waals surface area contributed by atoms with Crippen LogP contribution in [0.4, 0.5) is 0 Å². The van der Waals surface area contributed by atoms with Crippen LogP contribution in [-0.4, -0.2) is 18.9 Å². The number of ketones is 1. The van der Waals surface area contributed by atoms with E-state index >= 15 is 0 Å². The van der Waals surface area contributed by atoms with Crippen molar-refractivity contribution in [3.63, 3.8) is 0 Å². The van der Waals surface area contributed by atoms with E-state index in [0.29, 0.717) is 13.1 Å². The van der Waals surface area contributed by atoms with Crippen molar-refractivity contribution in [2.45, 2.75) is 20.3 Å². The van der Waals surface area contributed by atoms with E-state index < -0.39 is 0 Å². The molecule has 0 aromatic rings. The van der Waals surface area contributed by atoms with Gasteiger partial charge in [-0.1, -0.05) is 19.8 Å². The topological polar surface area (TPSA) is 29.1 Å². The van der Waals surface area contributed by atoms with E-state index in [4.69, 9.17) is 6.42 Å². The van der Waals surface area contributed by atoms with E-state index in [2.05, 4.69) is 11.2 Å². The number of hydrogen-bond acceptors (Lipinski definition) is 2. The van der Waals surface area contributed by atoms with E-state index in [1.165, 1.54) is 0 Å². The smallest absolute Gasteiger partial charge is 0.149 e. The van der Waals surface area contributed by atoms with Gasteiger partial charge in [-0.25, -0.2) is 0 Å². The zero-order chi connectivity index (χ0) is 8.69. The third-order valence-corrected chi connectivity index (χ3v) is 1.69. The highest BCUT2D eigenvalue weighted by Crippen LogP contribution is 2.00. The third-order valence-electron chi connectivity index (χ3n) is 1.69. The summed E-state index contributed by atoms with van der Waals surface area (Å²) in [6, 6.07) is 0. The molecule has 0 radical (unpaired) electrons. The first-order chi connectivity index (χ1) is 5.22. The van der Waals surface area contributed by atoms with Gasteiger partial charge in [0.1, 0.15) is 5.78 Å². The summed E-state index contributed by atoms with van der Waals surface area (Å²) in [6.45, 7) is 4.81. The Balaban J connectivity index is 3.46. The lowest BCUT2D eigenvalue weighted by molar-refractivity contribution is -0.121. The first-order valence-corrected chi connectivity index (χ1v) is 3.89. The zero-order valence-corrected chi connectivity index (χ0v) is 7.18. The molecule has 0 amide bonds. The fraction of sp³-hybridized carbons (Fsp3) is 0.667. The van der Waals surface area contributed by atoms with Crippen LogP contribution in [0, 0.1) is 18.3 Å².